The summed E-state index contributed by atoms with van der Waals surface area (Å²) in [5.74, 6) is -0.505. The molecule has 2 rings (SSSR count). The number of rotatable bonds is 4. The molecule has 0 spiro atoms. The number of esters is 1. The monoisotopic (exact) mass is 270 g/mol. The van der Waals surface area contributed by atoms with Crippen molar-refractivity contribution >= 4 is 11.8 Å². The maximum atomic E-state index is 11.6. The molecule has 0 aliphatic rings. The van der Waals surface area contributed by atoms with Gasteiger partial charge in [-0.05, 0) is 42.3 Å². The molecule has 1 N–H and O–H groups in total. The van der Waals surface area contributed by atoms with Crippen molar-refractivity contribution < 1.29 is 19.4 Å². The molecule has 0 saturated heterocycles. The number of ether oxygens (including phenoxy) is 1. The van der Waals surface area contributed by atoms with Gasteiger partial charge in [0.15, 0.2) is 5.78 Å². The third kappa shape index (κ3) is 3.45. The SMILES string of the molecule is CC(=O)COC(=O)c1ccc(-c2ccc(O)cc2)cc1. The zero-order chi connectivity index (χ0) is 14.5. The zero-order valence-electron chi connectivity index (χ0n) is 11.0. The summed E-state index contributed by atoms with van der Waals surface area (Å²) in [4.78, 5) is 22.4. The first kappa shape index (κ1) is 13.8. The van der Waals surface area contributed by atoms with Gasteiger partial charge in [0.2, 0.25) is 0 Å². The molecule has 2 aromatic carbocycles. The largest absolute Gasteiger partial charge is 0.508 e. The minimum Gasteiger partial charge on any atom is -0.508 e. The molecule has 102 valence electrons. The number of hydrogen-bond acceptors (Lipinski definition) is 4. The highest BCUT2D eigenvalue weighted by Crippen LogP contribution is 2.22. The predicted octanol–water partition coefficient (Wildman–Crippen LogP) is 2.81. The van der Waals surface area contributed by atoms with Crippen LogP contribution in [0.2, 0.25) is 0 Å². The lowest BCUT2D eigenvalue weighted by molar-refractivity contribution is -0.120. The number of benzene rings is 2. The van der Waals surface area contributed by atoms with E-state index in [1.54, 1.807) is 48.5 Å². The smallest absolute Gasteiger partial charge is 0.338 e. The van der Waals surface area contributed by atoms with E-state index in [1.807, 2.05) is 0 Å². The average molecular weight is 270 g/mol. The van der Waals surface area contributed by atoms with Crippen molar-refractivity contribution in [2.75, 3.05) is 6.61 Å². The summed E-state index contributed by atoms with van der Waals surface area (Å²) in [6.07, 6.45) is 0. The van der Waals surface area contributed by atoms with Crippen LogP contribution in [0.25, 0.3) is 11.1 Å². The van der Waals surface area contributed by atoms with Gasteiger partial charge >= 0.3 is 5.97 Å². The van der Waals surface area contributed by atoms with Crippen LogP contribution in [0, 0.1) is 0 Å². The molecule has 0 heterocycles. The summed E-state index contributed by atoms with van der Waals surface area (Å²) in [6, 6.07) is 13.6. The van der Waals surface area contributed by atoms with Gasteiger partial charge in [-0.25, -0.2) is 4.79 Å². The van der Waals surface area contributed by atoms with Crippen LogP contribution in [0.1, 0.15) is 17.3 Å². The summed E-state index contributed by atoms with van der Waals surface area (Å²) in [7, 11) is 0. The van der Waals surface area contributed by atoms with Gasteiger partial charge in [-0.2, -0.15) is 0 Å². The molecule has 0 amide bonds. The van der Waals surface area contributed by atoms with Crippen molar-refractivity contribution in [3.63, 3.8) is 0 Å². The van der Waals surface area contributed by atoms with Crippen molar-refractivity contribution in [1.82, 2.24) is 0 Å². The highest BCUT2D eigenvalue weighted by atomic mass is 16.5. The Hall–Kier alpha value is -2.62. The number of hydrogen-bond donors (Lipinski definition) is 1. The maximum Gasteiger partial charge on any atom is 0.338 e. The van der Waals surface area contributed by atoms with Crippen LogP contribution in [-0.4, -0.2) is 23.5 Å². The topological polar surface area (TPSA) is 63.6 Å². The quantitative estimate of drug-likeness (QED) is 0.868. The van der Waals surface area contributed by atoms with Gasteiger partial charge in [0.05, 0.1) is 5.56 Å². The Morgan fingerprint density at radius 3 is 1.95 bits per heavy atom. The number of ketones is 1. The molecule has 0 fully saturated rings. The average Bonchev–Trinajstić information content (AvgIpc) is 2.46. The van der Waals surface area contributed by atoms with E-state index in [2.05, 4.69) is 0 Å². The second-order valence-electron chi connectivity index (χ2n) is 4.40. The molecule has 0 aliphatic carbocycles. The van der Waals surface area contributed by atoms with Gasteiger partial charge < -0.3 is 9.84 Å². The summed E-state index contributed by atoms with van der Waals surface area (Å²) in [5, 5.41) is 9.24. The summed E-state index contributed by atoms with van der Waals surface area (Å²) in [5.41, 5.74) is 2.26. The lowest BCUT2D eigenvalue weighted by Crippen LogP contribution is -2.11. The minimum atomic E-state index is -0.516. The third-order valence-corrected chi connectivity index (χ3v) is 2.73. The van der Waals surface area contributed by atoms with Crippen LogP contribution in [0.3, 0.4) is 0 Å². The molecular formula is C16H14O4. The van der Waals surface area contributed by atoms with E-state index >= 15 is 0 Å². The maximum absolute atomic E-state index is 11.6. The highest BCUT2D eigenvalue weighted by molar-refractivity contribution is 5.91. The van der Waals surface area contributed by atoms with Crippen LogP contribution in [0.15, 0.2) is 48.5 Å². The molecule has 0 radical (unpaired) electrons. The first-order valence-corrected chi connectivity index (χ1v) is 6.12. The van der Waals surface area contributed by atoms with E-state index in [-0.39, 0.29) is 18.1 Å². The van der Waals surface area contributed by atoms with E-state index < -0.39 is 5.97 Å². The second-order valence-corrected chi connectivity index (χ2v) is 4.40. The second kappa shape index (κ2) is 6.02. The van der Waals surface area contributed by atoms with Gasteiger partial charge in [0.25, 0.3) is 0 Å². The Morgan fingerprint density at radius 1 is 0.950 bits per heavy atom. The van der Waals surface area contributed by atoms with Gasteiger partial charge in [-0.1, -0.05) is 24.3 Å². The van der Waals surface area contributed by atoms with Crippen LogP contribution in [-0.2, 0) is 9.53 Å². The Balaban J connectivity index is 2.11. The van der Waals surface area contributed by atoms with E-state index in [4.69, 9.17) is 4.74 Å². The van der Waals surface area contributed by atoms with Crippen molar-refractivity contribution in [1.29, 1.82) is 0 Å². The number of phenolic OH excluding ortho intramolecular Hbond substituents is 1. The Morgan fingerprint density at radius 2 is 1.45 bits per heavy atom. The molecule has 0 aliphatic heterocycles. The molecule has 2 aromatic rings. The predicted molar refractivity (Wildman–Crippen MR) is 74.5 cm³/mol. The van der Waals surface area contributed by atoms with Gasteiger partial charge in [0.1, 0.15) is 12.4 Å². The summed E-state index contributed by atoms with van der Waals surface area (Å²) >= 11 is 0. The molecule has 0 aromatic heterocycles. The molecule has 0 unspecified atom stereocenters. The Kier molecular flexibility index (Phi) is 4.15. The molecular weight excluding hydrogens is 256 g/mol. The van der Waals surface area contributed by atoms with Crippen molar-refractivity contribution in [2.24, 2.45) is 0 Å². The van der Waals surface area contributed by atoms with Crippen LogP contribution in [0.5, 0.6) is 5.75 Å². The molecule has 4 nitrogen and oxygen atoms in total. The van der Waals surface area contributed by atoms with Gasteiger partial charge in [0, 0.05) is 0 Å². The van der Waals surface area contributed by atoms with Crippen LogP contribution in [0.4, 0.5) is 0 Å². The summed E-state index contributed by atoms with van der Waals surface area (Å²) < 4.78 is 4.83. The van der Waals surface area contributed by atoms with Crippen LogP contribution < -0.4 is 0 Å². The normalized spacial score (nSPS) is 10.1. The molecule has 0 atom stereocenters. The fourth-order valence-electron chi connectivity index (χ4n) is 1.70. The first-order valence-electron chi connectivity index (χ1n) is 6.12. The van der Waals surface area contributed by atoms with Crippen LogP contribution >= 0.6 is 0 Å². The minimum absolute atomic E-state index is 0.195. The standard InChI is InChI=1S/C16H14O4/c1-11(17)10-20-16(19)14-4-2-12(3-5-14)13-6-8-15(18)9-7-13/h2-9,18H,10H2,1H3. The number of Topliss-reactive ketones (excluding diaryl/α,β-unsaturated/α-hetero) is 1. The third-order valence-electron chi connectivity index (χ3n) is 2.73. The van der Waals surface area contributed by atoms with E-state index in [1.165, 1.54) is 6.92 Å². The number of aromatic hydroxyl groups is 1. The van der Waals surface area contributed by atoms with E-state index in [9.17, 15) is 14.7 Å². The van der Waals surface area contributed by atoms with E-state index in [0.29, 0.717) is 5.56 Å². The Labute approximate surface area is 116 Å². The number of carbonyl (C=O) groups excluding carboxylic acids is 2. The van der Waals surface area contributed by atoms with Crippen molar-refractivity contribution in [3.05, 3.63) is 54.1 Å². The number of carbonyl (C=O) groups is 2. The Bertz CT molecular complexity index is 612. The molecule has 20 heavy (non-hydrogen) atoms. The van der Waals surface area contributed by atoms with Gasteiger partial charge in [-0.15, -0.1) is 0 Å². The molecule has 4 heteroatoms. The van der Waals surface area contributed by atoms with Gasteiger partial charge in [-0.3, -0.25) is 4.79 Å². The lowest BCUT2D eigenvalue weighted by Gasteiger charge is -2.05. The number of phenols is 1. The van der Waals surface area contributed by atoms with E-state index in [0.717, 1.165) is 11.1 Å². The zero-order valence-corrected chi connectivity index (χ0v) is 11.0. The lowest BCUT2D eigenvalue weighted by atomic mass is 10.0. The fourth-order valence-corrected chi connectivity index (χ4v) is 1.70. The first-order chi connectivity index (χ1) is 9.56. The summed E-state index contributed by atoms with van der Waals surface area (Å²) in [6.45, 7) is 1.15. The fraction of sp³-hybridized carbons (Fsp3) is 0.125. The van der Waals surface area contributed by atoms with Crippen molar-refractivity contribution in [2.45, 2.75) is 6.92 Å². The molecule has 0 saturated carbocycles. The van der Waals surface area contributed by atoms with Crippen molar-refractivity contribution in [3.8, 4) is 16.9 Å². The molecule has 0 bridgehead atoms. The highest BCUT2D eigenvalue weighted by Gasteiger charge is 2.08.